The maximum atomic E-state index is 13.4. The molecule has 0 saturated heterocycles. The second-order valence-corrected chi connectivity index (χ2v) is 7.01. The molecule has 0 aliphatic heterocycles. The molecule has 2 N–H and O–H groups in total. The first kappa shape index (κ1) is 18.3. The van der Waals surface area contributed by atoms with E-state index in [2.05, 4.69) is 10.4 Å². The Labute approximate surface area is 137 Å². The summed E-state index contributed by atoms with van der Waals surface area (Å²) >= 11 is 0. The van der Waals surface area contributed by atoms with Gasteiger partial charge in [0, 0.05) is 6.04 Å². The molecule has 1 aliphatic rings. The number of carbonyl (C=O) groups excluding carboxylic acids is 1. The Morgan fingerprint density at radius 2 is 1.92 bits per heavy atom. The SMILES string of the molecule is CC(C)(C)n1ncc(C(=O)N[C@H]2CC[C@@H](C(=O)O)C2)c1C(F)(F)F. The second-order valence-electron chi connectivity index (χ2n) is 7.01. The molecule has 9 heteroatoms. The first-order valence-corrected chi connectivity index (χ1v) is 7.60. The molecule has 0 radical (unpaired) electrons. The lowest BCUT2D eigenvalue weighted by molar-refractivity contribution is -0.146. The van der Waals surface area contributed by atoms with Crippen molar-refractivity contribution >= 4 is 11.9 Å². The smallest absolute Gasteiger partial charge is 0.433 e. The lowest BCUT2D eigenvalue weighted by Gasteiger charge is -2.24. The van der Waals surface area contributed by atoms with Gasteiger partial charge in [-0.05, 0) is 40.0 Å². The number of rotatable bonds is 3. The van der Waals surface area contributed by atoms with Crippen LogP contribution in [0.2, 0.25) is 0 Å². The van der Waals surface area contributed by atoms with E-state index in [0.29, 0.717) is 12.8 Å². The van der Waals surface area contributed by atoms with E-state index in [9.17, 15) is 22.8 Å². The Hall–Kier alpha value is -2.06. The average Bonchev–Trinajstić information content (AvgIpc) is 3.02. The highest BCUT2D eigenvalue weighted by atomic mass is 19.4. The fourth-order valence-electron chi connectivity index (χ4n) is 2.90. The number of carboxylic acids is 1. The van der Waals surface area contributed by atoms with Gasteiger partial charge in [-0.15, -0.1) is 0 Å². The predicted octanol–water partition coefficient (Wildman–Crippen LogP) is 2.64. The highest BCUT2D eigenvalue weighted by molar-refractivity contribution is 5.95. The van der Waals surface area contributed by atoms with Crippen LogP contribution in [0.1, 0.15) is 56.1 Å². The number of alkyl halides is 3. The van der Waals surface area contributed by atoms with Crippen molar-refractivity contribution < 1.29 is 27.9 Å². The highest BCUT2D eigenvalue weighted by Gasteiger charge is 2.43. The summed E-state index contributed by atoms with van der Waals surface area (Å²) < 4.78 is 41.0. The lowest BCUT2D eigenvalue weighted by Crippen LogP contribution is -2.35. The summed E-state index contributed by atoms with van der Waals surface area (Å²) in [6.07, 6.45) is -2.77. The van der Waals surface area contributed by atoms with Gasteiger partial charge in [0.05, 0.1) is 23.2 Å². The van der Waals surface area contributed by atoms with Gasteiger partial charge < -0.3 is 10.4 Å². The van der Waals surface area contributed by atoms with Crippen LogP contribution in [0.15, 0.2) is 6.20 Å². The molecule has 1 amide bonds. The van der Waals surface area contributed by atoms with Crippen molar-refractivity contribution in [2.24, 2.45) is 5.92 Å². The zero-order valence-electron chi connectivity index (χ0n) is 13.6. The summed E-state index contributed by atoms with van der Waals surface area (Å²) in [5.41, 5.74) is -2.58. The van der Waals surface area contributed by atoms with Crippen LogP contribution in [0.5, 0.6) is 0 Å². The molecule has 2 atom stereocenters. The van der Waals surface area contributed by atoms with Gasteiger partial charge >= 0.3 is 12.1 Å². The molecule has 0 unspecified atom stereocenters. The van der Waals surface area contributed by atoms with Crippen molar-refractivity contribution in [2.75, 3.05) is 0 Å². The number of hydrogen-bond donors (Lipinski definition) is 2. The highest BCUT2D eigenvalue weighted by Crippen LogP contribution is 2.35. The van der Waals surface area contributed by atoms with Crippen LogP contribution in [-0.4, -0.2) is 32.8 Å². The van der Waals surface area contributed by atoms with E-state index in [-0.39, 0.29) is 6.42 Å². The Balaban J connectivity index is 2.24. The molecule has 0 bridgehead atoms. The van der Waals surface area contributed by atoms with E-state index in [1.54, 1.807) is 20.8 Å². The molecule has 24 heavy (non-hydrogen) atoms. The largest absolute Gasteiger partial charge is 0.481 e. The molecule has 1 fully saturated rings. The van der Waals surface area contributed by atoms with E-state index in [4.69, 9.17) is 5.11 Å². The van der Waals surface area contributed by atoms with Crippen LogP contribution in [0.4, 0.5) is 13.2 Å². The van der Waals surface area contributed by atoms with Gasteiger partial charge in [0.2, 0.25) is 0 Å². The van der Waals surface area contributed by atoms with E-state index in [1.807, 2.05) is 0 Å². The van der Waals surface area contributed by atoms with Gasteiger partial charge in [-0.2, -0.15) is 18.3 Å². The number of carboxylic acid groups (broad SMARTS) is 1. The standard InChI is InChI=1S/C15H20F3N3O3/c1-14(2,3)21-11(15(16,17)18)10(7-19-21)12(22)20-9-5-4-8(6-9)13(23)24/h7-9H,4-6H2,1-3H3,(H,20,22)(H,23,24)/t8-,9+/m1/s1. The number of aliphatic carboxylic acids is 1. The molecular formula is C15H20F3N3O3. The first-order valence-electron chi connectivity index (χ1n) is 7.60. The summed E-state index contributed by atoms with van der Waals surface area (Å²) in [7, 11) is 0. The minimum absolute atomic E-state index is 0.218. The third-order valence-corrected chi connectivity index (χ3v) is 4.03. The van der Waals surface area contributed by atoms with Crippen molar-refractivity contribution in [3.05, 3.63) is 17.5 Å². The Bertz CT molecular complexity index is 647. The van der Waals surface area contributed by atoms with Crippen molar-refractivity contribution in [1.29, 1.82) is 0 Å². The van der Waals surface area contributed by atoms with Crippen LogP contribution in [0.25, 0.3) is 0 Å². The van der Waals surface area contributed by atoms with Crippen LogP contribution in [-0.2, 0) is 16.5 Å². The van der Waals surface area contributed by atoms with Crippen molar-refractivity contribution in [3.8, 4) is 0 Å². The fraction of sp³-hybridized carbons (Fsp3) is 0.667. The summed E-state index contributed by atoms with van der Waals surface area (Å²) in [4.78, 5) is 23.2. The van der Waals surface area contributed by atoms with Crippen LogP contribution in [0.3, 0.4) is 0 Å². The molecule has 0 aromatic carbocycles. The molecule has 0 spiro atoms. The number of carbonyl (C=O) groups is 2. The molecule has 1 saturated carbocycles. The van der Waals surface area contributed by atoms with Crippen LogP contribution in [0, 0.1) is 5.92 Å². The van der Waals surface area contributed by atoms with Crippen molar-refractivity contribution in [3.63, 3.8) is 0 Å². The molecule has 2 rings (SSSR count). The van der Waals surface area contributed by atoms with Gasteiger partial charge in [0.1, 0.15) is 0 Å². The topological polar surface area (TPSA) is 84.2 Å². The zero-order valence-corrected chi connectivity index (χ0v) is 13.6. The maximum Gasteiger partial charge on any atom is 0.433 e. The van der Waals surface area contributed by atoms with Gasteiger partial charge in [-0.25, -0.2) is 0 Å². The van der Waals surface area contributed by atoms with Gasteiger partial charge in [-0.1, -0.05) is 0 Å². The maximum absolute atomic E-state index is 13.4. The first-order chi connectivity index (χ1) is 10.9. The molecule has 1 heterocycles. The molecule has 1 aromatic heterocycles. The number of nitrogens with one attached hydrogen (secondary N) is 1. The monoisotopic (exact) mass is 347 g/mol. The average molecular weight is 347 g/mol. The fourth-order valence-corrected chi connectivity index (χ4v) is 2.90. The van der Waals surface area contributed by atoms with E-state index in [1.165, 1.54) is 0 Å². The molecule has 1 aliphatic carbocycles. The lowest BCUT2D eigenvalue weighted by atomic mass is 10.1. The minimum Gasteiger partial charge on any atom is -0.481 e. The molecule has 6 nitrogen and oxygen atoms in total. The molecule has 134 valence electrons. The summed E-state index contributed by atoms with van der Waals surface area (Å²) in [6, 6.07) is -0.447. The molecular weight excluding hydrogens is 327 g/mol. The Morgan fingerprint density at radius 3 is 2.38 bits per heavy atom. The number of amides is 1. The third kappa shape index (κ3) is 3.70. The molecule has 1 aromatic rings. The van der Waals surface area contributed by atoms with Crippen molar-refractivity contribution in [1.82, 2.24) is 15.1 Å². The summed E-state index contributed by atoms with van der Waals surface area (Å²) in [5, 5.41) is 15.2. The van der Waals surface area contributed by atoms with Gasteiger partial charge in [0.25, 0.3) is 5.91 Å². The quantitative estimate of drug-likeness (QED) is 0.880. The van der Waals surface area contributed by atoms with E-state index in [0.717, 1.165) is 10.9 Å². The summed E-state index contributed by atoms with van der Waals surface area (Å²) in [5.74, 6) is -2.41. The second kappa shape index (κ2) is 6.10. The third-order valence-electron chi connectivity index (χ3n) is 4.03. The predicted molar refractivity (Wildman–Crippen MR) is 78.5 cm³/mol. The normalized spacial score (nSPS) is 21.8. The van der Waals surface area contributed by atoms with E-state index < -0.39 is 46.8 Å². The number of aromatic nitrogens is 2. The van der Waals surface area contributed by atoms with Gasteiger partial charge in [0.15, 0.2) is 5.69 Å². The Morgan fingerprint density at radius 1 is 1.29 bits per heavy atom. The minimum atomic E-state index is -4.73. The zero-order chi connectivity index (χ0) is 18.3. The Kier molecular flexibility index (Phi) is 4.65. The van der Waals surface area contributed by atoms with E-state index >= 15 is 0 Å². The van der Waals surface area contributed by atoms with Gasteiger partial charge in [-0.3, -0.25) is 14.3 Å². The summed E-state index contributed by atoms with van der Waals surface area (Å²) in [6.45, 7) is 4.68. The number of hydrogen-bond acceptors (Lipinski definition) is 3. The van der Waals surface area contributed by atoms with Crippen molar-refractivity contribution in [2.45, 2.75) is 57.8 Å². The van der Waals surface area contributed by atoms with Crippen LogP contribution < -0.4 is 5.32 Å². The number of halogens is 3. The van der Waals surface area contributed by atoms with Crippen LogP contribution >= 0.6 is 0 Å². The number of nitrogens with zero attached hydrogens (tertiary/aromatic N) is 2.